The summed E-state index contributed by atoms with van der Waals surface area (Å²) in [5.41, 5.74) is 6.03. The van der Waals surface area contributed by atoms with Gasteiger partial charge in [-0.1, -0.05) is 168 Å². The number of hydrogen-bond donors (Lipinski definition) is 0. The predicted molar refractivity (Wildman–Crippen MR) is 206 cm³/mol. The quantitative estimate of drug-likeness (QED) is 0.170. The highest BCUT2D eigenvalue weighted by molar-refractivity contribution is 6.07. The Kier molecular flexibility index (Phi) is 14.8. The maximum absolute atomic E-state index is 2.35. The number of hydrogen-bond acceptors (Lipinski definition) is 0. The lowest BCUT2D eigenvalue weighted by atomic mass is 9.85. The van der Waals surface area contributed by atoms with Gasteiger partial charge in [-0.15, -0.1) is 0 Å². The van der Waals surface area contributed by atoms with Crippen molar-refractivity contribution >= 4 is 43.1 Å². The molecule has 0 aliphatic carbocycles. The molecule has 0 aromatic heterocycles. The zero-order valence-corrected chi connectivity index (χ0v) is 25.2. The van der Waals surface area contributed by atoms with Crippen LogP contribution in [0.4, 0.5) is 0 Å². The fraction of sp³-hybridized carbons (Fsp3) is 0.364. The molecule has 0 heteroatoms. The van der Waals surface area contributed by atoms with Crippen molar-refractivity contribution in [1.29, 1.82) is 0 Å². The standard InChI is InChI=1S/2C20H22.4CH4/c2*1-4-14(3)20-18-12-8-6-10-16(18)15(5-2)17-11-7-9-13-19(17)20;;;;/h2*6-14H,4-5H2,1-3H3;4*1H4. The lowest BCUT2D eigenvalue weighted by molar-refractivity contribution is 0.745. The van der Waals surface area contributed by atoms with Gasteiger partial charge in [-0.2, -0.15) is 0 Å². The summed E-state index contributed by atoms with van der Waals surface area (Å²) < 4.78 is 0. The van der Waals surface area contributed by atoms with Gasteiger partial charge in [-0.05, 0) is 103 Å². The number of benzene rings is 6. The smallest absolute Gasteiger partial charge is 0.0140 e. The normalized spacial score (nSPS) is 11.8. The van der Waals surface area contributed by atoms with E-state index in [1.165, 1.54) is 78.2 Å². The van der Waals surface area contributed by atoms with E-state index in [-0.39, 0.29) is 29.7 Å². The van der Waals surface area contributed by atoms with E-state index >= 15 is 0 Å². The van der Waals surface area contributed by atoms with Crippen molar-refractivity contribution in [3.63, 3.8) is 0 Å². The van der Waals surface area contributed by atoms with E-state index in [4.69, 9.17) is 0 Å². The van der Waals surface area contributed by atoms with Crippen LogP contribution in [0, 0.1) is 0 Å². The molecule has 44 heavy (non-hydrogen) atoms. The van der Waals surface area contributed by atoms with Crippen molar-refractivity contribution in [2.75, 3.05) is 0 Å². The lowest BCUT2D eigenvalue weighted by Crippen LogP contribution is -1.98. The molecule has 0 N–H and O–H groups in total. The zero-order valence-electron chi connectivity index (χ0n) is 25.2. The monoisotopic (exact) mass is 588 g/mol. The van der Waals surface area contributed by atoms with Crippen LogP contribution in [0.25, 0.3) is 43.1 Å². The Morgan fingerprint density at radius 2 is 0.568 bits per heavy atom. The second-order valence-corrected chi connectivity index (χ2v) is 11.3. The van der Waals surface area contributed by atoms with Crippen molar-refractivity contribution in [3.8, 4) is 0 Å². The highest BCUT2D eigenvalue weighted by atomic mass is 14.2. The molecule has 0 radical (unpaired) electrons. The largest absolute Gasteiger partial charge is 0.0776 e. The summed E-state index contributed by atoms with van der Waals surface area (Å²) >= 11 is 0. The molecule has 0 aliphatic heterocycles. The van der Waals surface area contributed by atoms with Crippen LogP contribution in [0.5, 0.6) is 0 Å². The van der Waals surface area contributed by atoms with E-state index in [0.29, 0.717) is 11.8 Å². The average molecular weight is 589 g/mol. The molecular weight excluding hydrogens is 528 g/mol. The van der Waals surface area contributed by atoms with Gasteiger partial charge in [0, 0.05) is 0 Å². The van der Waals surface area contributed by atoms with E-state index < -0.39 is 0 Å². The van der Waals surface area contributed by atoms with E-state index in [1.54, 1.807) is 0 Å². The van der Waals surface area contributed by atoms with Crippen molar-refractivity contribution in [2.45, 2.75) is 109 Å². The third-order valence-electron chi connectivity index (χ3n) is 9.09. The first kappa shape index (κ1) is 38.4. The Hall–Kier alpha value is -3.64. The highest BCUT2D eigenvalue weighted by Gasteiger charge is 2.17. The second kappa shape index (κ2) is 17.0. The van der Waals surface area contributed by atoms with Gasteiger partial charge in [0.2, 0.25) is 0 Å². The Labute approximate surface area is 270 Å². The Morgan fingerprint density at radius 3 is 0.750 bits per heavy atom. The third-order valence-corrected chi connectivity index (χ3v) is 9.09. The van der Waals surface area contributed by atoms with Crippen LogP contribution >= 0.6 is 0 Å². The minimum Gasteiger partial charge on any atom is -0.0776 e. The molecule has 2 atom stereocenters. The minimum absolute atomic E-state index is 0. The molecule has 6 rings (SSSR count). The van der Waals surface area contributed by atoms with Crippen molar-refractivity contribution < 1.29 is 0 Å². The van der Waals surface area contributed by atoms with Crippen LogP contribution in [-0.4, -0.2) is 0 Å². The lowest BCUT2D eigenvalue weighted by Gasteiger charge is -2.19. The van der Waals surface area contributed by atoms with Gasteiger partial charge in [-0.25, -0.2) is 0 Å². The predicted octanol–water partition coefficient (Wildman–Crippen LogP) is 14.7. The maximum atomic E-state index is 2.35. The SMILES string of the molecule is C.C.C.C.CCc1c2ccccc2c(C(C)CC)c2ccccc12.CCc1c2ccccc2c(C(C)CC)c2ccccc12. The summed E-state index contributed by atoms with van der Waals surface area (Å²) in [7, 11) is 0. The molecule has 6 aromatic carbocycles. The Morgan fingerprint density at radius 1 is 0.364 bits per heavy atom. The average Bonchev–Trinajstić information content (AvgIpc) is 3.01. The summed E-state index contributed by atoms with van der Waals surface area (Å²) in [5, 5.41) is 11.5. The molecule has 0 saturated heterocycles. The summed E-state index contributed by atoms with van der Waals surface area (Å²) in [6.07, 6.45) is 4.53. The molecule has 6 aromatic rings. The van der Waals surface area contributed by atoms with Gasteiger partial charge in [0.25, 0.3) is 0 Å². The molecular formula is C44H60. The van der Waals surface area contributed by atoms with Gasteiger partial charge >= 0.3 is 0 Å². The zero-order chi connectivity index (χ0) is 28.2. The van der Waals surface area contributed by atoms with Crippen molar-refractivity contribution in [1.82, 2.24) is 0 Å². The van der Waals surface area contributed by atoms with Gasteiger partial charge in [0.15, 0.2) is 0 Å². The van der Waals surface area contributed by atoms with E-state index in [9.17, 15) is 0 Å². The Balaban J connectivity index is 0.000000403. The molecule has 0 spiro atoms. The summed E-state index contributed by atoms with van der Waals surface area (Å²) in [5.74, 6) is 1.19. The van der Waals surface area contributed by atoms with E-state index in [2.05, 4.69) is 139 Å². The van der Waals surface area contributed by atoms with Crippen molar-refractivity contribution in [3.05, 3.63) is 119 Å². The topological polar surface area (TPSA) is 0 Å². The summed E-state index contributed by atoms with van der Waals surface area (Å²) in [6.45, 7) is 13.8. The van der Waals surface area contributed by atoms with Crippen LogP contribution in [0.3, 0.4) is 0 Å². The first-order valence-electron chi connectivity index (χ1n) is 15.4. The molecule has 236 valence electrons. The summed E-state index contributed by atoms with van der Waals surface area (Å²) in [6, 6.07) is 35.6. The number of aryl methyl sites for hydroxylation is 2. The summed E-state index contributed by atoms with van der Waals surface area (Å²) in [4.78, 5) is 0. The van der Waals surface area contributed by atoms with Crippen LogP contribution in [0.15, 0.2) is 97.1 Å². The third kappa shape index (κ3) is 6.86. The Bertz CT molecular complexity index is 1520. The molecule has 0 nitrogen and oxygen atoms in total. The minimum atomic E-state index is 0. The molecule has 0 fully saturated rings. The highest BCUT2D eigenvalue weighted by Crippen LogP contribution is 2.39. The van der Waals surface area contributed by atoms with Crippen LogP contribution < -0.4 is 0 Å². The molecule has 0 saturated carbocycles. The number of rotatable bonds is 6. The van der Waals surface area contributed by atoms with E-state index in [0.717, 1.165) is 12.8 Å². The van der Waals surface area contributed by atoms with Gasteiger partial charge in [0.1, 0.15) is 0 Å². The van der Waals surface area contributed by atoms with Gasteiger partial charge < -0.3 is 0 Å². The van der Waals surface area contributed by atoms with Crippen LogP contribution in [-0.2, 0) is 12.8 Å². The second-order valence-electron chi connectivity index (χ2n) is 11.3. The first-order valence-corrected chi connectivity index (χ1v) is 15.4. The fourth-order valence-electron chi connectivity index (χ4n) is 6.74. The number of fused-ring (bicyclic) bond motifs is 4. The molecule has 2 unspecified atom stereocenters. The molecule has 0 amide bonds. The van der Waals surface area contributed by atoms with Crippen LogP contribution in [0.2, 0.25) is 0 Å². The van der Waals surface area contributed by atoms with Gasteiger partial charge in [0.05, 0.1) is 0 Å². The molecule has 0 heterocycles. The molecule has 0 aliphatic rings. The van der Waals surface area contributed by atoms with Crippen molar-refractivity contribution in [2.24, 2.45) is 0 Å². The van der Waals surface area contributed by atoms with Gasteiger partial charge in [-0.3, -0.25) is 0 Å². The molecule has 0 bridgehead atoms. The fourth-order valence-corrected chi connectivity index (χ4v) is 6.74. The van der Waals surface area contributed by atoms with E-state index in [1.807, 2.05) is 0 Å². The maximum Gasteiger partial charge on any atom is -0.0140 e. The van der Waals surface area contributed by atoms with Crippen LogP contribution in [0.1, 0.15) is 118 Å². The first-order chi connectivity index (χ1) is 19.5.